The predicted molar refractivity (Wildman–Crippen MR) is 42.9 cm³/mol. The molecule has 0 heterocycles. The van der Waals surface area contributed by atoms with Gasteiger partial charge in [-0.1, -0.05) is 25.7 Å². The molecule has 0 aliphatic heterocycles. The Morgan fingerprint density at radius 1 is 1.18 bits per heavy atom. The van der Waals surface area contributed by atoms with Crippen LogP contribution in [0, 0.1) is 11.3 Å². The first-order valence-electron chi connectivity index (χ1n) is 4.36. The maximum atomic E-state index is 9.83. The van der Waals surface area contributed by atoms with E-state index in [1.54, 1.807) is 0 Å². The van der Waals surface area contributed by atoms with Gasteiger partial charge in [-0.25, -0.2) is 0 Å². The molecule has 1 N–H and O–H groups in total. The monoisotopic (exact) mass is 153 g/mol. The number of rotatable bonds is 1. The van der Waals surface area contributed by atoms with Gasteiger partial charge in [0.25, 0.3) is 0 Å². The maximum absolute atomic E-state index is 9.83. The Balaban J connectivity index is 2.46. The zero-order valence-electron chi connectivity index (χ0n) is 6.84. The van der Waals surface area contributed by atoms with E-state index in [2.05, 4.69) is 6.07 Å². The molecular weight excluding hydrogens is 138 g/mol. The van der Waals surface area contributed by atoms with Crippen LogP contribution in [0.15, 0.2) is 0 Å². The van der Waals surface area contributed by atoms with E-state index >= 15 is 0 Å². The van der Waals surface area contributed by atoms with E-state index in [4.69, 9.17) is 5.26 Å². The highest BCUT2D eigenvalue weighted by Gasteiger charge is 2.27. The molecule has 1 saturated carbocycles. The van der Waals surface area contributed by atoms with Crippen molar-refractivity contribution in [2.45, 2.75) is 50.5 Å². The van der Waals surface area contributed by atoms with Gasteiger partial charge in [0.05, 0.1) is 18.1 Å². The van der Waals surface area contributed by atoms with E-state index in [-0.39, 0.29) is 0 Å². The molecule has 0 atom stereocenters. The summed E-state index contributed by atoms with van der Waals surface area (Å²) >= 11 is 0. The van der Waals surface area contributed by atoms with E-state index in [0.29, 0.717) is 6.42 Å². The third-order valence-corrected chi connectivity index (χ3v) is 2.44. The lowest BCUT2D eigenvalue weighted by Gasteiger charge is -2.22. The van der Waals surface area contributed by atoms with Crippen LogP contribution in [0.3, 0.4) is 0 Å². The Kier molecular flexibility index (Phi) is 2.90. The molecule has 11 heavy (non-hydrogen) atoms. The molecule has 1 rings (SSSR count). The molecule has 0 aromatic rings. The summed E-state index contributed by atoms with van der Waals surface area (Å²) in [6.45, 7) is 0. The Bertz CT molecular complexity index is 151. The molecule has 0 aromatic heterocycles. The largest absolute Gasteiger partial charge is 0.389 e. The van der Waals surface area contributed by atoms with Crippen molar-refractivity contribution in [2.24, 2.45) is 0 Å². The number of hydrogen-bond acceptors (Lipinski definition) is 2. The lowest BCUT2D eigenvalue weighted by atomic mass is 9.92. The van der Waals surface area contributed by atoms with Gasteiger partial charge < -0.3 is 5.11 Å². The van der Waals surface area contributed by atoms with Gasteiger partial charge in [-0.3, -0.25) is 0 Å². The molecule has 1 fully saturated rings. The van der Waals surface area contributed by atoms with Crippen LogP contribution in [0.1, 0.15) is 44.9 Å². The summed E-state index contributed by atoms with van der Waals surface area (Å²) in [7, 11) is 0. The lowest BCUT2D eigenvalue weighted by molar-refractivity contribution is 0.0296. The minimum atomic E-state index is -0.648. The zero-order chi connectivity index (χ0) is 8.16. The Hall–Kier alpha value is -0.550. The summed E-state index contributed by atoms with van der Waals surface area (Å²) < 4.78 is 0. The van der Waals surface area contributed by atoms with Crippen molar-refractivity contribution < 1.29 is 5.11 Å². The second kappa shape index (κ2) is 3.73. The van der Waals surface area contributed by atoms with Crippen LogP contribution in [0.2, 0.25) is 0 Å². The van der Waals surface area contributed by atoms with E-state index in [1.165, 1.54) is 12.8 Å². The number of aliphatic hydroxyl groups is 1. The number of nitrogens with zero attached hydrogens (tertiary/aromatic N) is 1. The molecule has 62 valence electrons. The van der Waals surface area contributed by atoms with E-state index in [0.717, 1.165) is 25.7 Å². The van der Waals surface area contributed by atoms with Crippen LogP contribution in [-0.4, -0.2) is 10.7 Å². The zero-order valence-corrected chi connectivity index (χ0v) is 6.84. The highest BCUT2D eigenvalue weighted by Crippen LogP contribution is 2.29. The molecule has 2 heteroatoms. The molecule has 0 spiro atoms. The Labute approximate surface area is 67.8 Å². The third-order valence-electron chi connectivity index (χ3n) is 2.44. The molecule has 0 unspecified atom stereocenters. The minimum absolute atomic E-state index is 0.312. The van der Waals surface area contributed by atoms with E-state index < -0.39 is 5.60 Å². The molecule has 0 aromatic carbocycles. The molecule has 0 amide bonds. The summed E-state index contributed by atoms with van der Waals surface area (Å²) in [4.78, 5) is 0. The first-order chi connectivity index (χ1) is 5.27. The average Bonchev–Trinajstić information content (AvgIpc) is 2.15. The Morgan fingerprint density at radius 3 is 2.18 bits per heavy atom. The van der Waals surface area contributed by atoms with Gasteiger partial charge in [0.15, 0.2) is 0 Å². The average molecular weight is 153 g/mol. The highest BCUT2D eigenvalue weighted by molar-refractivity contribution is 4.89. The smallest absolute Gasteiger partial charge is 0.0777 e. The van der Waals surface area contributed by atoms with Crippen molar-refractivity contribution in [1.29, 1.82) is 5.26 Å². The van der Waals surface area contributed by atoms with Crippen LogP contribution >= 0.6 is 0 Å². The predicted octanol–water partition coefficient (Wildman–Crippen LogP) is 1.99. The fraction of sp³-hybridized carbons (Fsp3) is 0.889. The van der Waals surface area contributed by atoms with Gasteiger partial charge in [0, 0.05) is 0 Å². The molecule has 2 nitrogen and oxygen atoms in total. The summed E-state index contributed by atoms with van der Waals surface area (Å²) in [6, 6.07) is 2.06. The standard InChI is InChI=1S/C9H15NO/c10-8-7-9(11)5-3-1-2-4-6-9/h11H,1-7H2. The number of nitriles is 1. The summed E-state index contributed by atoms with van der Waals surface area (Å²) in [5.74, 6) is 0. The second-order valence-corrected chi connectivity index (χ2v) is 3.47. The topological polar surface area (TPSA) is 44.0 Å². The second-order valence-electron chi connectivity index (χ2n) is 3.47. The van der Waals surface area contributed by atoms with Crippen molar-refractivity contribution in [3.63, 3.8) is 0 Å². The molecule has 0 saturated heterocycles. The quantitative estimate of drug-likeness (QED) is 0.585. The van der Waals surface area contributed by atoms with Gasteiger partial charge in [0.1, 0.15) is 0 Å². The highest BCUT2D eigenvalue weighted by atomic mass is 16.3. The fourth-order valence-electron chi connectivity index (χ4n) is 1.71. The van der Waals surface area contributed by atoms with Crippen LogP contribution < -0.4 is 0 Å². The molecule has 0 bridgehead atoms. The van der Waals surface area contributed by atoms with Crippen molar-refractivity contribution in [2.75, 3.05) is 0 Å². The Morgan fingerprint density at radius 2 is 1.73 bits per heavy atom. The SMILES string of the molecule is N#CCC1(O)CCCCCC1. The summed E-state index contributed by atoms with van der Waals surface area (Å²) in [5.41, 5.74) is -0.648. The fourth-order valence-corrected chi connectivity index (χ4v) is 1.71. The van der Waals surface area contributed by atoms with Crippen LogP contribution in [-0.2, 0) is 0 Å². The van der Waals surface area contributed by atoms with Crippen molar-refractivity contribution in [3.05, 3.63) is 0 Å². The van der Waals surface area contributed by atoms with Crippen molar-refractivity contribution in [1.82, 2.24) is 0 Å². The van der Waals surface area contributed by atoms with E-state index in [1.807, 2.05) is 0 Å². The molecular formula is C9H15NO. The summed E-state index contributed by atoms with van der Waals surface area (Å²) in [6.07, 6.45) is 6.55. The van der Waals surface area contributed by atoms with Crippen molar-refractivity contribution >= 4 is 0 Å². The lowest BCUT2D eigenvalue weighted by Crippen LogP contribution is -2.26. The first-order valence-corrected chi connectivity index (χ1v) is 4.36. The molecule has 0 radical (unpaired) electrons. The first kappa shape index (κ1) is 8.55. The van der Waals surface area contributed by atoms with Gasteiger partial charge in [-0.05, 0) is 12.8 Å². The van der Waals surface area contributed by atoms with Gasteiger partial charge in [0.2, 0.25) is 0 Å². The third kappa shape index (κ3) is 2.51. The number of hydrogen-bond donors (Lipinski definition) is 1. The normalized spacial score (nSPS) is 23.6. The van der Waals surface area contributed by atoms with Crippen LogP contribution in [0.4, 0.5) is 0 Å². The molecule has 1 aliphatic carbocycles. The van der Waals surface area contributed by atoms with E-state index in [9.17, 15) is 5.11 Å². The van der Waals surface area contributed by atoms with Gasteiger partial charge >= 0.3 is 0 Å². The maximum Gasteiger partial charge on any atom is 0.0777 e. The molecule has 1 aliphatic rings. The minimum Gasteiger partial charge on any atom is -0.389 e. The van der Waals surface area contributed by atoms with Crippen molar-refractivity contribution in [3.8, 4) is 6.07 Å². The van der Waals surface area contributed by atoms with Gasteiger partial charge in [-0.2, -0.15) is 5.26 Å². The summed E-state index contributed by atoms with van der Waals surface area (Å²) in [5, 5.41) is 18.3. The van der Waals surface area contributed by atoms with Gasteiger partial charge in [-0.15, -0.1) is 0 Å². The van der Waals surface area contributed by atoms with Crippen LogP contribution in [0.5, 0.6) is 0 Å². The van der Waals surface area contributed by atoms with Crippen LogP contribution in [0.25, 0.3) is 0 Å².